The molecule has 1 aliphatic rings. The summed E-state index contributed by atoms with van der Waals surface area (Å²) < 4.78 is 9.11. The quantitative estimate of drug-likeness (QED) is 0.0937. The van der Waals surface area contributed by atoms with Gasteiger partial charge in [-0.25, -0.2) is 14.3 Å². The average Bonchev–Trinajstić information content (AvgIpc) is 3.27. The number of alkyl halides is 3. The zero-order valence-electron chi connectivity index (χ0n) is 19.2. The van der Waals surface area contributed by atoms with Crippen LogP contribution in [0, 0.1) is 5.21 Å². The van der Waals surface area contributed by atoms with Crippen molar-refractivity contribution in [2.75, 3.05) is 30.8 Å². The second-order valence-electron chi connectivity index (χ2n) is 8.02. The molecule has 2 atom stereocenters. The molecule has 3 rings (SSSR count). The number of fused-ring (bicyclic) bond motifs is 1. The van der Waals surface area contributed by atoms with E-state index in [4.69, 9.17) is 44.3 Å². The molecule has 2 aromatic rings. The summed E-state index contributed by atoms with van der Waals surface area (Å²) in [4.78, 5) is 24.4. The second kappa shape index (κ2) is 13.8. The van der Waals surface area contributed by atoms with E-state index in [1.165, 1.54) is 11.8 Å². The number of carbonyl (C=O) groups excluding carboxylic acids is 2. The third kappa shape index (κ3) is 9.97. The molecule has 0 aliphatic carbocycles. The van der Waals surface area contributed by atoms with E-state index >= 15 is 0 Å². The van der Waals surface area contributed by atoms with Gasteiger partial charge < -0.3 is 25.3 Å². The number of hydrogen-bond acceptors (Lipinski definition) is 7. The van der Waals surface area contributed by atoms with Gasteiger partial charge in [-0.05, 0) is 29.0 Å². The first-order valence-corrected chi connectivity index (χ1v) is 13.3. The number of thioether (sulfide) groups is 1. The number of halogens is 3. The van der Waals surface area contributed by atoms with Crippen molar-refractivity contribution >= 4 is 69.9 Å². The number of ether oxygens (including phenoxy) is 2. The number of rotatable bonds is 10. The molecule has 0 saturated carbocycles. The van der Waals surface area contributed by atoms with Crippen molar-refractivity contribution in [2.24, 2.45) is 0 Å². The predicted molar refractivity (Wildman–Crippen MR) is 144 cm³/mol. The Hall–Kier alpha value is -2.33. The highest BCUT2D eigenvalue weighted by Crippen LogP contribution is 2.33. The van der Waals surface area contributed by atoms with Crippen LogP contribution in [0.3, 0.4) is 0 Å². The van der Waals surface area contributed by atoms with E-state index in [0.717, 1.165) is 34.3 Å². The molecule has 1 aliphatic heterocycles. The number of amides is 1. The smallest absolute Gasteiger partial charge is 0.407 e. The van der Waals surface area contributed by atoms with Gasteiger partial charge in [-0.2, -0.15) is 0 Å². The minimum Gasteiger partial charge on any atom is -0.624 e. The molecule has 0 bridgehead atoms. The molecule has 0 saturated heterocycles. The number of hydrogen-bond donors (Lipinski definition) is 2. The molecule has 0 aromatic heterocycles. The molecule has 1 unspecified atom stereocenters. The van der Waals surface area contributed by atoms with Crippen LogP contribution < -0.4 is 10.6 Å². The van der Waals surface area contributed by atoms with Crippen LogP contribution in [0.1, 0.15) is 23.5 Å². The second-order valence-corrected chi connectivity index (χ2v) is 11.5. The zero-order valence-corrected chi connectivity index (χ0v) is 22.3. The molecule has 12 heteroatoms. The zero-order chi connectivity index (χ0) is 26.0. The van der Waals surface area contributed by atoms with E-state index in [0.29, 0.717) is 6.42 Å². The predicted octanol–water partition coefficient (Wildman–Crippen LogP) is 5.70. The Bertz CT molecular complexity index is 1050. The Labute approximate surface area is 228 Å². The molecule has 1 heterocycles. The fraction of sp³-hybridized carbons (Fsp3) is 0.375. The highest BCUT2D eigenvalue weighted by molar-refractivity contribution is 8.13. The molecule has 0 fully saturated rings. The summed E-state index contributed by atoms with van der Waals surface area (Å²) in [7, 11) is 0. The van der Waals surface area contributed by atoms with Gasteiger partial charge in [0.2, 0.25) is 3.79 Å². The maximum atomic E-state index is 12.6. The summed E-state index contributed by atoms with van der Waals surface area (Å²) in [5, 5.41) is 17.9. The maximum Gasteiger partial charge on any atom is 0.407 e. The first kappa shape index (κ1) is 28.2. The molecule has 8 nitrogen and oxygen atoms in total. The summed E-state index contributed by atoms with van der Waals surface area (Å²) in [6.45, 7) is 0.592. The largest absolute Gasteiger partial charge is 0.624 e. The van der Waals surface area contributed by atoms with Crippen LogP contribution in [0.4, 0.5) is 15.3 Å². The molecule has 2 N–H and O–H groups in total. The Morgan fingerprint density at radius 2 is 1.89 bits per heavy atom. The molecule has 36 heavy (non-hydrogen) atoms. The molecule has 1 amide bonds. The third-order valence-electron chi connectivity index (χ3n) is 5.23. The van der Waals surface area contributed by atoms with Gasteiger partial charge in [0, 0.05) is 30.3 Å². The summed E-state index contributed by atoms with van der Waals surface area (Å²) in [5.74, 6) is 0.248. The van der Waals surface area contributed by atoms with Crippen LogP contribution in [0.5, 0.6) is 0 Å². The van der Waals surface area contributed by atoms with E-state index in [9.17, 15) is 14.8 Å². The normalized spacial score (nSPS) is 16.0. The van der Waals surface area contributed by atoms with E-state index < -0.39 is 27.8 Å². The lowest BCUT2D eigenvalue weighted by Gasteiger charge is -2.17. The topological polar surface area (TPSA) is 103 Å². The first-order chi connectivity index (χ1) is 17.2. The number of nitrogens with one attached hydrogen (secondary N) is 2. The van der Waals surface area contributed by atoms with Crippen LogP contribution in [0.2, 0.25) is 0 Å². The SMILES string of the molecule is O=C(N[C@H](/C=[N+](\[O-])CCC1CNc2ccccc21)CSC(=O)OCc1ccccc1)OCC(Cl)(Cl)Cl. The van der Waals surface area contributed by atoms with Crippen LogP contribution in [-0.4, -0.2) is 57.6 Å². The fourth-order valence-corrected chi connectivity index (χ4v) is 4.34. The lowest BCUT2D eigenvalue weighted by atomic mass is 9.98. The Kier molecular flexibility index (Phi) is 10.9. The van der Waals surface area contributed by atoms with Crippen molar-refractivity contribution < 1.29 is 23.8 Å². The van der Waals surface area contributed by atoms with E-state index in [2.05, 4.69) is 10.6 Å². The molecule has 0 radical (unpaired) electrons. The molecule has 0 spiro atoms. The number of para-hydroxylation sites is 1. The number of anilines is 1. The van der Waals surface area contributed by atoms with E-state index in [1.807, 2.05) is 54.6 Å². The lowest BCUT2D eigenvalue weighted by molar-refractivity contribution is -0.455. The lowest BCUT2D eigenvalue weighted by Crippen LogP contribution is -2.41. The number of benzene rings is 2. The minimum absolute atomic E-state index is 0.0447. The van der Waals surface area contributed by atoms with E-state index in [1.54, 1.807) is 0 Å². The number of alkyl carbamates (subject to hydrolysis) is 1. The van der Waals surface area contributed by atoms with Gasteiger partial charge in [0.25, 0.3) is 0 Å². The highest BCUT2D eigenvalue weighted by atomic mass is 35.6. The maximum absolute atomic E-state index is 12.6. The summed E-state index contributed by atoms with van der Waals surface area (Å²) >= 11 is 17.7. The van der Waals surface area contributed by atoms with Gasteiger partial charge in [-0.3, -0.25) is 0 Å². The van der Waals surface area contributed by atoms with Crippen molar-refractivity contribution in [1.82, 2.24) is 5.32 Å². The molecular weight excluding hydrogens is 549 g/mol. The Morgan fingerprint density at radius 1 is 1.17 bits per heavy atom. The van der Waals surface area contributed by atoms with E-state index in [-0.39, 0.29) is 24.8 Å². The van der Waals surface area contributed by atoms with Crippen molar-refractivity contribution in [3.63, 3.8) is 0 Å². The fourth-order valence-electron chi connectivity index (χ4n) is 3.55. The van der Waals surface area contributed by atoms with Crippen LogP contribution >= 0.6 is 46.6 Å². The summed E-state index contributed by atoms with van der Waals surface area (Å²) in [6.07, 6.45) is 1.02. The molecular formula is C24H26Cl3N3O5S. The Morgan fingerprint density at radius 3 is 2.64 bits per heavy atom. The van der Waals surface area contributed by atoms with Crippen molar-refractivity contribution in [2.45, 2.75) is 28.8 Å². The molecule has 2 aromatic carbocycles. The van der Waals surface area contributed by atoms with Gasteiger partial charge >= 0.3 is 11.4 Å². The van der Waals surface area contributed by atoms with Crippen LogP contribution in [0.15, 0.2) is 54.6 Å². The van der Waals surface area contributed by atoms with Crippen LogP contribution in [0.25, 0.3) is 0 Å². The number of hydroxylamine groups is 1. The summed E-state index contributed by atoms with van der Waals surface area (Å²) in [6, 6.07) is 16.4. The average molecular weight is 575 g/mol. The standard InChI is InChI=1S/C24H26Cl3N3O5S/c25-24(26,27)16-35-22(31)29-19(15-36-23(32)34-14-17-6-2-1-3-7-17)13-30(33)11-10-18-12-28-21-9-5-4-8-20(18)21/h1-9,13,18-19,28H,10-12,14-16H2,(H,29,31)/b30-13-/t18?,19-/m1/s1. The highest BCUT2D eigenvalue weighted by Gasteiger charge is 2.25. The van der Waals surface area contributed by atoms with Crippen molar-refractivity contribution in [1.29, 1.82) is 0 Å². The first-order valence-electron chi connectivity index (χ1n) is 11.1. The number of nitrogens with zero attached hydrogens (tertiary/aromatic N) is 1. The summed E-state index contributed by atoms with van der Waals surface area (Å²) in [5.41, 5.74) is 3.09. The van der Waals surface area contributed by atoms with Gasteiger partial charge in [0.1, 0.15) is 19.3 Å². The van der Waals surface area contributed by atoms with Gasteiger partial charge in [0.05, 0.1) is 0 Å². The van der Waals surface area contributed by atoms with Crippen molar-refractivity contribution in [3.8, 4) is 0 Å². The van der Waals surface area contributed by atoms with Crippen LogP contribution in [-0.2, 0) is 16.1 Å². The monoisotopic (exact) mass is 573 g/mol. The Balaban J connectivity index is 1.55. The number of carbonyl (C=O) groups is 2. The third-order valence-corrected chi connectivity index (χ3v) is 6.44. The molecule has 194 valence electrons. The minimum atomic E-state index is -1.78. The van der Waals surface area contributed by atoms with Gasteiger partial charge in [-0.1, -0.05) is 83.3 Å². The van der Waals surface area contributed by atoms with Gasteiger partial charge in [-0.15, -0.1) is 0 Å². The van der Waals surface area contributed by atoms with Crippen molar-refractivity contribution in [3.05, 3.63) is 70.9 Å². The van der Waals surface area contributed by atoms with Gasteiger partial charge in [0.15, 0.2) is 12.8 Å².